The van der Waals surface area contributed by atoms with E-state index in [1.165, 1.54) is 36.9 Å². The van der Waals surface area contributed by atoms with Gasteiger partial charge < -0.3 is 25.0 Å². The van der Waals surface area contributed by atoms with Gasteiger partial charge in [-0.25, -0.2) is 19.6 Å². The molecule has 11 heteroatoms. The molecule has 3 aromatic rings. The number of nitrogens with one attached hydrogen (secondary N) is 1. The largest absolute Gasteiger partial charge is 0.478 e. The van der Waals surface area contributed by atoms with Crippen LogP contribution in [0.1, 0.15) is 46.0 Å². The maximum atomic E-state index is 12.7. The van der Waals surface area contributed by atoms with E-state index in [9.17, 15) is 14.4 Å². The van der Waals surface area contributed by atoms with Crippen molar-refractivity contribution in [1.29, 1.82) is 0 Å². The normalized spacial score (nSPS) is 16.3. The maximum Gasteiger partial charge on any atom is 0.416 e. The second kappa shape index (κ2) is 12.8. The van der Waals surface area contributed by atoms with Gasteiger partial charge in [0, 0.05) is 50.6 Å². The van der Waals surface area contributed by atoms with Crippen molar-refractivity contribution in [3.05, 3.63) is 77.6 Å². The molecule has 0 atom stereocenters. The van der Waals surface area contributed by atoms with Crippen LogP contribution in [0.15, 0.2) is 60.9 Å². The van der Waals surface area contributed by atoms with Crippen LogP contribution in [0.5, 0.6) is 5.88 Å². The zero-order valence-corrected chi connectivity index (χ0v) is 23.0. The summed E-state index contributed by atoms with van der Waals surface area (Å²) >= 11 is 0. The molecule has 1 aromatic carbocycles. The predicted octanol–water partition coefficient (Wildman–Crippen LogP) is 3.98. The Balaban J connectivity index is 1.07. The number of carbonyl (C=O) groups is 3. The summed E-state index contributed by atoms with van der Waals surface area (Å²) in [5.41, 5.74) is 2.37. The van der Waals surface area contributed by atoms with Crippen LogP contribution in [0.3, 0.4) is 0 Å². The number of benzene rings is 1. The molecule has 11 nitrogen and oxygen atoms in total. The van der Waals surface area contributed by atoms with Gasteiger partial charge in [0.05, 0.1) is 17.4 Å². The zero-order valence-electron chi connectivity index (χ0n) is 23.0. The Hall–Kier alpha value is -4.51. The Morgan fingerprint density at radius 3 is 2.20 bits per heavy atom. The van der Waals surface area contributed by atoms with Crippen molar-refractivity contribution in [2.45, 2.75) is 26.3 Å². The van der Waals surface area contributed by atoms with Gasteiger partial charge in [-0.2, -0.15) is 0 Å². The molecule has 0 radical (unpaired) electrons. The van der Waals surface area contributed by atoms with Crippen LogP contribution in [0.4, 0.5) is 16.3 Å². The van der Waals surface area contributed by atoms with Crippen LogP contribution in [0, 0.1) is 5.92 Å². The number of piperidine rings is 1. The van der Waals surface area contributed by atoms with Gasteiger partial charge in [-0.1, -0.05) is 19.1 Å². The summed E-state index contributed by atoms with van der Waals surface area (Å²) in [6.45, 7) is 7.34. The minimum absolute atomic E-state index is 0.126. The van der Waals surface area contributed by atoms with Crippen LogP contribution in [-0.2, 0) is 6.54 Å². The first-order valence-corrected chi connectivity index (χ1v) is 13.8. The number of carboxylic acids is 1. The second-order valence-corrected chi connectivity index (χ2v) is 10.5. The number of hydrogen-bond donors (Lipinski definition) is 2. The Bertz CT molecular complexity index is 1350. The molecule has 2 aliphatic rings. The van der Waals surface area contributed by atoms with Gasteiger partial charge in [0.1, 0.15) is 5.82 Å². The minimum atomic E-state index is -1.02. The van der Waals surface area contributed by atoms with Gasteiger partial charge in [0.15, 0.2) is 0 Å². The summed E-state index contributed by atoms with van der Waals surface area (Å²) in [7, 11) is 0. The van der Waals surface area contributed by atoms with Crippen molar-refractivity contribution in [1.82, 2.24) is 19.8 Å². The number of amides is 2. The Kier molecular flexibility index (Phi) is 8.73. The molecule has 0 spiro atoms. The van der Waals surface area contributed by atoms with Crippen LogP contribution in [0.25, 0.3) is 0 Å². The highest BCUT2D eigenvalue weighted by atomic mass is 16.6. The number of likely N-dealkylation sites (tertiary alicyclic amines) is 1. The van der Waals surface area contributed by atoms with E-state index in [-0.39, 0.29) is 17.4 Å². The lowest BCUT2D eigenvalue weighted by molar-refractivity contribution is 0.0696. The van der Waals surface area contributed by atoms with Gasteiger partial charge in [-0.15, -0.1) is 0 Å². The van der Waals surface area contributed by atoms with E-state index in [1.54, 1.807) is 23.1 Å². The highest BCUT2D eigenvalue weighted by Crippen LogP contribution is 2.20. The first-order chi connectivity index (χ1) is 19.8. The molecule has 0 saturated carbocycles. The molecule has 5 rings (SSSR count). The maximum absolute atomic E-state index is 12.7. The molecule has 2 fully saturated rings. The lowest BCUT2D eigenvalue weighted by atomic mass is 9.99. The third-order valence-electron chi connectivity index (χ3n) is 7.54. The number of rotatable bonds is 7. The van der Waals surface area contributed by atoms with Gasteiger partial charge >= 0.3 is 12.1 Å². The molecule has 214 valence electrons. The van der Waals surface area contributed by atoms with Crippen molar-refractivity contribution >= 4 is 29.5 Å². The average Bonchev–Trinajstić information content (AvgIpc) is 3.00. The molecular formula is C30H34N6O5. The van der Waals surface area contributed by atoms with Crippen LogP contribution in [0.2, 0.25) is 0 Å². The SMILES string of the molecule is CC1CCN(Cc2ccc(C(=O)Nc3ccc(OC(=O)N4CCN(c5ccc(C(=O)O)cn5)CC4)nc3)cc2)CC1. The van der Waals surface area contributed by atoms with Gasteiger partial charge in [-0.3, -0.25) is 9.69 Å². The first kappa shape index (κ1) is 28.0. The second-order valence-electron chi connectivity index (χ2n) is 10.5. The van der Waals surface area contributed by atoms with Crippen molar-refractivity contribution in [3.63, 3.8) is 0 Å². The third kappa shape index (κ3) is 7.37. The number of hydrogen-bond acceptors (Lipinski definition) is 8. The summed E-state index contributed by atoms with van der Waals surface area (Å²) in [6, 6.07) is 14.0. The molecule has 0 unspecified atom stereocenters. The van der Waals surface area contributed by atoms with E-state index in [1.807, 2.05) is 29.2 Å². The summed E-state index contributed by atoms with van der Waals surface area (Å²) in [5, 5.41) is 11.9. The summed E-state index contributed by atoms with van der Waals surface area (Å²) in [5.74, 6) is 0.332. The first-order valence-electron chi connectivity index (χ1n) is 13.8. The standard InChI is InChI=1S/C30H34N6O5/c1-21-10-12-34(13-11-21)20-22-2-4-23(5-3-22)28(37)33-25-7-9-27(32-19-25)41-30(40)36-16-14-35(15-17-36)26-8-6-24(18-31-26)29(38)39/h2-9,18-19,21H,10-17,20H2,1H3,(H,33,37)(H,38,39). The number of carbonyl (C=O) groups excluding carboxylic acids is 2. The lowest BCUT2D eigenvalue weighted by Crippen LogP contribution is -2.49. The number of aromatic carboxylic acids is 1. The summed E-state index contributed by atoms with van der Waals surface area (Å²) in [4.78, 5) is 50.8. The van der Waals surface area contributed by atoms with Gasteiger partial charge in [0.2, 0.25) is 5.88 Å². The zero-order chi connectivity index (χ0) is 28.8. The molecular weight excluding hydrogens is 524 g/mol. The van der Waals surface area contributed by atoms with Gasteiger partial charge in [0.25, 0.3) is 5.91 Å². The van der Waals surface area contributed by atoms with E-state index < -0.39 is 12.1 Å². The van der Waals surface area contributed by atoms with Crippen LogP contribution in [-0.4, -0.2) is 82.1 Å². The van der Waals surface area contributed by atoms with E-state index >= 15 is 0 Å². The quantitative estimate of drug-likeness (QED) is 0.442. The fourth-order valence-corrected chi connectivity index (χ4v) is 4.93. The fraction of sp³-hybridized carbons (Fsp3) is 0.367. The fourth-order valence-electron chi connectivity index (χ4n) is 4.93. The van der Waals surface area contributed by atoms with E-state index in [2.05, 4.69) is 27.1 Å². The van der Waals surface area contributed by atoms with Crippen molar-refractivity contribution < 1.29 is 24.2 Å². The third-order valence-corrected chi connectivity index (χ3v) is 7.54. The summed E-state index contributed by atoms with van der Waals surface area (Å²) < 4.78 is 5.42. The highest BCUT2D eigenvalue weighted by molar-refractivity contribution is 6.04. The summed E-state index contributed by atoms with van der Waals surface area (Å²) in [6.07, 6.45) is 4.73. The number of carboxylic acid groups (broad SMARTS) is 1. The minimum Gasteiger partial charge on any atom is -0.478 e. The molecule has 0 aliphatic carbocycles. The molecule has 2 aliphatic heterocycles. The number of pyridine rings is 2. The Morgan fingerprint density at radius 1 is 0.878 bits per heavy atom. The highest BCUT2D eigenvalue weighted by Gasteiger charge is 2.24. The van der Waals surface area contributed by atoms with Gasteiger partial charge in [-0.05, 0) is 67.7 Å². The van der Waals surface area contributed by atoms with Crippen LogP contribution >= 0.6 is 0 Å². The lowest BCUT2D eigenvalue weighted by Gasteiger charge is -2.34. The molecule has 2 aromatic heterocycles. The van der Waals surface area contributed by atoms with Crippen molar-refractivity contribution in [2.75, 3.05) is 49.5 Å². The van der Waals surface area contributed by atoms with Crippen molar-refractivity contribution in [3.8, 4) is 5.88 Å². The van der Waals surface area contributed by atoms with Crippen molar-refractivity contribution in [2.24, 2.45) is 5.92 Å². The number of anilines is 2. The molecule has 0 bridgehead atoms. The Morgan fingerprint density at radius 2 is 1.59 bits per heavy atom. The molecule has 4 heterocycles. The molecule has 2 N–H and O–H groups in total. The average molecular weight is 559 g/mol. The molecule has 2 saturated heterocycles. The Labute approximate surface area is 238 Å². The van der Waals surface area contributed by atoms with E-state index in [0.29, 0.717) is 43.2 Å². The monoisotopic (exact) mass is 558 g/mol. The van der Waals surface area contributed by atoms with E-state index in [0.717, 1.165) is 25.6 Å². The topological polar surface area (TPSA) is 128 Å². The molecule has 2 amide bonds. The smallest absolute Gasteiger partial charge is 0.416 e. The number of ether oxygens (including phenoxy) is 1. The number of piperazine rings is 1. The number of aromatic nitrogens is 2. The number of nitrogens with zero attached hydrogens (tertiary/aromatic N) is 5. The van der Waals surface area contributed by atoms with E-state index in [4.69, 9.17) is 9.84 Å². The predicted molar refractivity (Wildman–Crippen MR) is 153 cm³/mol. The van der Waals surface area contributed by atoms with Crippen LogP contribution < -0.4 is 15.0 Å². The molecule has 41 heavy (non-hydrogen) atoms.